The van der Waals surface area contributed by atoms with Crippen molar-refractivity contribution in [2.24, 2.45) is 39.9 Å². The molecular weight excluding hydrogens is 460 g/mol. The van der Waals surface area contributed by atoms with Crippen LogP contribution in [-0.2, 0) is 28.6 Å². The second kappa shape index (κ2) is 9.92. The van der Waals surface area contributed by atoms with Crippen molar-refractivity contribution in [3.05, 3.63) is 0 Å². The molecule has 0 amide bonds. The van der Waals surface area contributed by atoms with Gasteiger partial charge in [-0.2, -0.15) is 0 Å². The lowest BCUT2D eigenvalue weighted by Gasteiger charge is -2.68. The van der Waals surface area contributed by atoms with Gasteiger partial charge in [0.15, 0.2) is 0 Å². The molecule has 0 saturated heterocycles. The average Bonchev–Trinajstić information content (AvgIpc) is 3.15. The number of fused-ring (bicyclic) bond motifs is 5. The normalized spacial score (nSPS) is 45.6. The highest BCUT2D eigenvalue weighted by Gasteiger charge is 2.71. The minimum atomic E-state index is -0.439. The number of hydrogen-bond acceptors (Lipinski definition) is 7. The minimum absolute atomic E-state index is 0.00662. The van der Waals surface area contributed by atoms with Crippen molar-refractivity contribution in [1.82, 2.24) is 0 Å². The van der Waals surface area contributed by atoms with Crippen molar-refractivity contribution in [2.45, 2.75) is 117 Å². The average molecular weight is 507 g/mol. The van der Waals surface area contributed by atoms with E-state index in [1.165, 1.54) is 21.0 Å². The maximum Gasteiger partial charge on any atom is 0.305 e. The van der Waals surface area contributed by atoms with E-state index in [1.54, 1.807) is 0 Å². The van der Waals surface area contributed by atoms with Crippen LogP contribution in [0.15, 0.2) is 0 Å². The highest BCUT2D eigenvalue weighted by atomic mass is 16.5. The summed E-state index contributed by atoms with van der Waals surface area (Å²) in [6.45, 7) is 9.91. The van der Waals surface area contributed by atoms with Crippen LogP contribution in [0.4, 0.5) is 0 Å². The van der Waals surface area contributed by atoms with E-state index in [9.17, 15) is 19.5 Å². The molecule has 4 rings (SSSR count). The molecule has 4 fully saturated rings. The number of methoxy groups -OCH3 is 1. The standard InChI is InChI=1S/C29H46O7/c1-17(30)35-21-12-13-27(3)20(14-21)15-25(36-18(2)31)29(5)22-11-10-19(8-7-9-26(33)34-6)28(22,4)24(32)16-23(27)29/h19-25,32H,7-16H2,1-6H3/t19-,20-,21+,22+,23+,24-,25+,27-,28+,29-/m0/s1. The molecule has 4 aliphatic rings. The van der Waals surface area contributed by atoms with Gasteiger partial charge in [-0.1, -0.05) is 20.8 Å². The van der Waals surface area contributed by atoms with Crippen molar-refractivity contribution in [2.75, 3.05) is 7.11 Å². The number of esters is 3. The highest BCUT2D eigenvalue weighted by molar-refractivity contribution is 5.69. The number of aliphatic hydroxyl groups is 1. The van der Waals surface area contributed by atoms with Crippen molar-refractivity contribution in [1.29, 1.82) is 0 Å². The fraction of sp³-hybridized carbons (Fsp3) is 0.897. The van der Waals surface area contributed by atoms with E-state index in [-0.39, 0.29) is 64.1 Å². The van der Waals surface area contributed by atoms with E-state index in [4.69, 9.17) is 14.2 Å². The molecule has 0 aromatic rings. The first-order valence-corrected chi connectivity index (χ1v) is 14.0. The maximum absolute atomic E-state index is 12.3. The van der Waals surface area contributed by atoms with Gasteiger partial charge >= 0.3 is 17.9 Å². The monoisotopic (exact) mass is 506 g/mol. The molecule has 7 heteroatoms. The first-order chi connectivity index (χ1) is 16.9. The molecule has 0 aromatic carbocycles. The maximum atomic E-state index is 12.3. The van der Waals surface area contributed by atoms with Gasteiger partial charge in [0.1, 0.15) is 12.2 Å². The Morgan fingerprint density at radius 2 is 1.58 bits per heavy atom. The van der Waals surface area contributed by atoms with Crippen LogP contribution in [0.5, 0.6) is 0 Å². The zero-order chi connectivity index (χ0) is 26.5. The molecule has 0 aromatic heterocycles. The van der Waals surface area contributed by atoms with Gasteiger partial charge in [0.05, 0.1) is 13.2 Å². The zero-order valence-electron chi connectivity index (χ0n) is 23.0. The number of carbonyl (C=O) groups is 3. The van der Waals surface area contributed by atoms with Crippen LogP contribution in [0.2, 0.25) is 0 Å². The smallest absolute Gasteiger partial charge is 0.305 e. The summed E-state index contributed by atoms with van der Waals surface area (Å²) in [6.07, 6.45) is 7.36. The predicted molar refractivity (Wildman–Crippen MR) is 134 cm³/mol. The van der Waals surface area contributed by atoms with E-state index in [2.05, 4.69) is 20.8 Å². The van der Waals surface area contributed by atoms with Crippen molar-refractivity contribution >= 4 is 17.9 Å². The zero-order valence-corrected chi connectivity index (χ0v) is 23.0. The summed E-state index contributed by atoms with van der Waals surface area (Å²) in [5, 5.41) is 11.8. The van der Waals surface area contributed by atoms with Crippen LogP contribution in [0.25, 0.3) is 0 Å². The molecule has 0 aliphatic heterocycles. The second-order valence-electron chi connectivity index (χ2n) is 12.9. The Balaban J connectivity index is 1.65. The molecule has 0 spiro atoms. The van der Waals surface area contributed by atoms with E-state index >= 15 is 0 Å². The lowest BCUT2D eigenvalue weighted by Crippen LogP contribution is -2.67. The largest absolute Gasteiger partial charge is 0.469 e. The Morgan fingerprint density at radius 3 is 2.22 bits per heavy atom. The topological polar surface area (TPSA) is 99.1 Å². The molecule has 36 heavy (non-hydrogen) atoms. The number of ether oxygens (including phenoxy) is 3. The van der Waals surface area contributed by atoms with Gasteiger partial charge < -0.3 is 19.3 Å². The Kier molecular flexibility index (Phi) is 7.55. The predicted octanol–water partition coefficient (Wildman–Crippen LogP) is 4.82. The van der Waals surface area contributed by atoms with Crippen LogP contribution in [0, 0.1) is 39.9 Å². The molecular formula is C29H46O7. The first-order valence-electron chi connectivity index (χ1n) is 14.0. The summed E-state index contributed by atoms with van der Waals surface area (Å²) in [7, 11) is 1.42. The second-order valence-corrected chi connectivity index (χ2v) is 12.9. The van der Waals surface area contributed by atoms with Crippen LogP contribution in [0.1, 0.15) is 98.8 Å². The Bertz CT molecular complexity index is 872. The summed E-state index contributed by atoms with van der Waals surface area (Å²) < 4.78 is 16.6. The third-order valence-corrected chi connectivity index (χ3v) is 11.4. The van der Waals surface area contributed by atoms with Crippen molar-refractivity contribution in [3.63, 3.8) is 0 Å². The van der Waals surface area contributed by atoms with E-state index in [0.717, 1.165) is 51.4 Å². The van der Waals surface area contributed by atoms with Crippen LogP contribution < -0.4 is 0 Å². The summed E-state index contributed by atoms with van der Waals surface area (Å²) in [6, 6.07) is 0. The fourth-order valence-corrected chi connectivity index (χ4v) is 9.65. The first kappa shape index (κ1) is 27.4. The number of hydrogen-bond donors (Lipinski definition) is 1. The van der Waals surface area contributed by atoms with Gasteiger partial charge in [-0.05, 0) is 92.3 Å². The molecule has 0 heterocycles. The molecule has 0 bridgehead atoms. The minimum Gasteiger partial charge on any atom is -0.469 e. The van der Waals surface area contributed by atoms with Crippen molar-refractivity contribution in [3.8, 4) is 0 Å². The highest BCUT2D eigenvalue weighted by Crippen LogP contribution is 2.73. The Hall–Kier alpha value is -1.63. The molecule has 0 radical (unpaired) electrons. The number of rotatable bonds is 6. The Morgan fingerprint density at radius 1 is 0.889 bits per heavy atom. The quantitative estimate of drug-likeness (QED) is 0.407. The van der Waals surface area contributed by atoms with E-state index < -0.39 is 6.10 Å². The molecule has 1 N–H and O–H groups in total. The Labute approximate surface area is 216 Å². The third-order valence-electron chi connectivity index (χ3n) is 11.4. The van der Waals surface area contributed by atoms with Crippen LogP contribution >= 0.6 is 0 Å². The van der Waals surface area contributed by atoms with Gasteiger partial charge in [0.2, 0.25) is 0 Å². The van der Waals surface area contributed by atoms with Gasteiger partial charge in [0, 0.05) is 25.7 Å². The SMILES string of the molecule is COC(=O)CCC[C@H]1CC[C@H]2[C@@]3(C)[C@H](C[C@H](O)[C@]12C)[C@@]1(C)CC[C@@H](OC(C)=O)C[C@H]1C[C@H]3OC(C)=O. The van der Waals surface area contributed by atoms with E-state index in [0.29, 0.717) is 18.8 Å². The lowest BCUT2D eigenvalue weighted by atomic mass is 9.38. The van der Waals surface area contributed by atoms with Gasteiger partial charge in [-0.15, -0.1) is 0 Å². The molecule has 204 valence electrons. The summed E-state index contributed by atoms with van der Waals surface area (Å²) in [4.78, 5) is 35.7. The molecule has 0 unspecified atom stereocenters. The van der Waals surface area contributed by atoms with Crippen molar-refractivity contribution < 1.29 is 33.7 Å². The molecule has 4 saturated carbocycles. The molecule has 10 atom stereocenters. The van der Waals surface area contributed by atoms with Crippen LogP contribution in [0.3, 0.4) is 0 Å². The number of aliphatic hydroxyl groups excluding tert-OH is 1. The fourth-order valence-electron chi connectivity index (χ4n) is 9.65. The van der Waals surface area contributed by atoms with E-state index in [1.807, 2.05) is 0 Å². The third kappa shape index (κ3) is 4.37. The van der Waals surface area contributed by atoms with Gasteiger partial charge in [-0.25, -0.2) is 0 Å². The van der Waals surface area contributed by atoms with Gasteiger partial charge in [-0.3, -0.25) is 14.4 Å². The van der Waals surface area contributed by atoms with Gasteiger partial charge in [0.25, 0.3) is 0 Å². The lowest BCUT2D eigenvalue weighted by molar-refractivity contribution is -0.256. The summed E-state index contributed by atoms with van der Waals surface area (Å²) >= 11 is 0. The number of carbonyl (C=O) groups excluding carboxylic acids is 3. The molecule has 4 aliphatic carbocycles. The summed E-state index contributed by atoms with van der Waals surface area (Å²) in [5.41, 5.74) is -0.526. The summed E-state index contributed by atoms with van der Waals surface area (Å²) in [5.74, 6) is 0.361. The molecule has 7 nitrogen and oxygen atoms in total. The van der Waals surface area contributed by atoms with Crippen LogP contribution in [-0.4, -0.2) is 48.4 Å².